The number of fused-ring (bicyclic) bond motifs is 1. The van der Waals surface area contributed by atoms with E-state index in [9.17, 15) is 4.79 Å². The molecule has 3 heteroatoms. The van der Waals surface area contributed by atoms with Gasteiger partial charge in [0.2, 0.25) is 0 Å². The van der Waals surface area contributed by atoms with Gasteiger partial charge < -0.3 is 4.74 Å². The molecule has 0 saturated heterocycles. The Hall–Kier alpha value is -1.90. The third-order valence-corrected chi connectivity index (χ3v) is 2.45. The van der Waals surface area contributed by atoms with Crippen molar-refractivity contribution >= 4 is 17.2 Å². The molecular weight excluding hydrogens is 202 g/mol. The number of carbonyl (C=O) groups is 1. The normalized spacial score (nSPS) is 10.2. The Morgan fingerprint density at radius 2 is 2.06 bits per heavy atom. The summed E-state index contributed by atoms with van der Waals surface area (Å²) < 4.78 is 4.63. The van der Waals surface area contributed by atoms with Gasteiger partial charge in [0, 0.05) is 17.3 Å². The molecule has 0 aliphatic heterocycles. The lowest BCUT2D eigenvalue weighted by molar-refractivity contribution is -0.128. The zero-order chi connectivity index (χ0) is 11.2. The van der Waals surface area contributed by atoms with Crippen molar-refractivity contribution in [1.82, 2.24) is 4.98 Å². The van der Waals surface area contributed by atoms with E-state index < -0.39 is 0 Å². The van der Waals surface area contributed by atoms with Crippen LogP contribution < -0.4 is 0 Å². The van der Waals surface area contributed by atoms with Crippen LogP contribution in [0.2, 0.25) is 0 Å². The predicted octanol–water partition coefficient (Wildman–Crippen LogP) is 2.34. The van der Waals surface area contributed by atoms with Crippen LogP contribution in [-0.4, -0.2) is 18.1 Å². The molecule has 0 amide bonds. The van der Waals surface area contributed by atoms with Crippen LogP contribution in [0.5, 0.6) is 0 Å². The van der Waals surface area contributed by atoms with E-state index in [-0.39, 0.29) is 0 Å². The van der Waals surface area contributed by atoms with E-state index in [0.717, 1.165) is 23.9 Å². The van der Waals surface area contributed by atoms with Gasteiger partial charge in [-0.1, -0.05) is 24.3 Å². The maximum absolute atomic E-state index is 9.95. The molecule has 1 heterocycles. The molecule has 0 N–H and O–H groups in total. The average Bonchev–Trinajstić information content (AvgIpc) is 2.34. The van der Waals surface area contributed by atoms with E-state index in [4.69, 9.17) is 0 Å². The second-order valence-electron chi connectivity index (χ2n) is 3.59. The molecule has 82 valence electrons. The Balaban J connectivity index is 2.05. The van der Waals surface area contributed by atoms with Crippen LogP contribution in [0.3, 0.4) is 0 Å². The second kappa shape index (κ2) is 5.26. The van der Waals surface area contributed by atoms with Crippen LogP contribution in [0.15, 0.2) is 36.5 Å². The van der Waals surface area contributed by atoms with Gasteiger partial charge in [0.05, 0.1) is 6.61 Å². The minimum Gasteiger partial charge on any atom is -0.468 e. The number of aromatic nitrogens is 1. The largest absolute Gasteiger partial charge is 0.468 e. The Bertz CT molecular complexity index is 482. The van der Waals surface area contributed by atoms with Gasteiger partial charge >= 0.3 is 0 Å². The standard InChI is InChI=1S/C13H13NO2/c15-10-16-7-3-6-13-8-11-4-1-2-5-12(11)9-14-13/h1-2,4-5,8-10H,3,6-7H2. The molecule has 0 atom stereocenters. The summed E-state index contributed by atoms with van der Waals surface area (Å²) in [7, 11) is 0. The summed E-state index contributed by atoms with van der Waals surface area (Å²) in [6, 6.07) is 10.2. The summed E-state index contributed by atoms with van der Waals surface area (Å²) in [5.74, 6) is 0. The van der Waals surface area contributed by atoms with Crippen molar-refractivity contribution in [2.45, 2.75) is 12.8 Å². The van der Waals surface area contributed by atoms with E-state index in [1.165, 1.54) is 5.39 Å². The molecule has 2 aromatic rings. The van der Waals surface area contributed by atoms with Crippen LogP contribution in [-0.2, 0) is 16.0 Å². The number of benzene rings is 1. The fraction of sp³-hybridized carbons (Fsp3) is 0.231. The molecule has 1 aromatic carbocycles. The Labute approximate surface area is 94.1 Å². The van der Waals surface area contributed by atoms with E-state index >= 15 is 0 Å². The Morgan fingerprint density at radius 1 is 1.25 bits per heavy atom. The summed E-state index contributed by atoms with van der Waals surface area (Å²) in [5, 5.41) is 2.35. The monoisotopic (exact) mass is 215 g/mol. The van der Waals surface area contributed by atoms with Crippen molar-refractivity contribution < 1.29 is 9.53 Å². The SMILES string of the molecule is O=COCCCc1cc2ccccc2cn1. The second-order valence-corrected chi connectivity index (χ2v) is 3.59. The van der Waals surface area contributed by atoms with Gasteiger partial charge in [0.25, 0.3) is 6.47 Å². The Kier molecular flexibility index (Phi) is 3.49. The highest BCUT2D eigenvalue weighted by Gasteiger charge is 1.97. The molecule has 0 aliphatic carbocycles. The van der Waals surface area contributed by atoms with Crippen molar-refractivity contribution in [1.29, 1.82) is 0 Å². The number of nitrogens with zero attached hydrogens (tertiary/aromatic N) is 1. The lowest BCUT2D eigenvalue weighted by Gasteiger charge is -2.02. The number of hydrogen-bond acceptors (Lipinski definition) is 3. The van der Waals surface area contributed by atoms with Crippen LogP contribution in [0, 0.1) is 0 Å². The first-order chi connectivity index (χ1) is 7.90. The van der Waals surface area contributed by atoms with Crippen LogP contribution >= 0.6 is 0 Å². The highest BCUT2D eigenvalue weighted by molar-refractivity contribution is 5.81. The predicted molar refractivity (Wildman–Crippen MR) is 62.1 cm³/mol. The van der Waals surface area contributed by atoms with Gasteiger partial charge in [-0.05, 0) is 24.3 Å². The molecule has 3 nitrogen and oxygen atoms in total. The summed E-state index contributed by atoms with van der Waals surface area (Å²) in [6.45, 7) is 0.936. The van der Waals surface area contributed by atoms with Crippen molar-refractivity contribution in [3.63, 3.8) is 0 Å². The molecular formula is C13H13NO2. The molecule has 1 aromatic heterocycles. The van der Waals surface area contributed by atoms with Gasteiger partial charge in [0.1, 0.15) is 0 Å². The topological polar surface area (TPSA) is 39.2 Å². The van der Waals surface area contributed by atoms with Crippen LogP contribution in [0.4, 0.5) is 0 Å². The summed E-state index contributed by atoms with van der Waals surface area (Å²) in [6.07, 6.45) is 3.52. The molecule has 0 unspecified atom stereocenters. The number of pyridine rings is 1. The molecule has 0 fully saturated rings. The molecule has 2 rings (SSSR count). The van der Waals surface area contributed by atoms with Crippen molar-refractivity contribution in [2.75, 3.05) is 6.61 Å². The fourth-order valence-corrected chi connectivity index (χ4v) is 1.65. The fourth-order valence-electron chi connectivity index (χ4n) is 1.65. The van der Waals surface area contributed by atoms with Crippen molar-refractivity contribution in [3.8, 4) is 0 Å². The number of aryl methyl sites for hydroxylation is 1. The molecule has 0 radical (unpaired) electrons. The average molecular weight is 215 g/mol. The molecule has 0 spiro atoms. The maximum Gasteiger partial charge on any atom is 0.293 e. The number of rotatable bonds is 5. The van der Waals surface area contributed by atoms with Gasteiger partial charge in [-0.25, -0.2) is 0 Å². The molecule has 0 saturated carbocycles. The van der Waals surface area contributed by atoms with Crippen LogP contribution in [0.1, 0.15) is 12.1 Å². The molecule has 0 aliphatic rings. The number of carbonyl (C=O) groups excluding carboxylic acids is 1. The highest BCUT2D eigenvalue weighted by Crippen LogP contribution is 2.14. The summed E-state index contributed by atoms with van der Waals surface area (Å²) in [4.78, 5) is 14.3. The van der Waals surface area contributed by atoms with Crippen molar-refractivity contribution in [2.24, 2.45) is 0 Å². The van der Waals surface area contributed by atoms with E-state index in [1.54, 1.807) is 0 Å². The summed E-state index contributed by atoms with van der Waals surface area (Å²) >= 11 is 0. The first-order valence-electron chi connectivity index (χ1n) is 5.29. The van der Waals surface area contributed by atoms with E-state index in [0.29, 0.717) is 13.1 Å². The molecule has 0 bridgehead atoms. The lowest BCUT2D eigenvalue weighted by atomic mass is 10.1. The minimum atomic E-state index is 0.456. The number of ether oxygens (including phenoxy) is 1. The van der Waals surface area contributed by atoms with Gasteiger partial charge in [-0.3, -0.25) is 9.78 Å². The first-order valence-corrected chi connectivity index (χ1v) is 5.29. The van der Waals surface area contributed by atoms with Gasteiger partial charge in [-0.2, -0.15) is 0 Å². The first kappa shape index (κ1) is 10.6. The molecule has 16 heavy (non-hydrogen) atoms. The van der Waals surface area contributed by atoms with Crippen LogP contribution in [0.25, 0.3) is 10.8 Å². The Morgan fingerprint density at radius 3 is 2.88 bits per heavy atom. The van der Waals surface area contributed by atoms with Gasteiger partial charge in [0.15, 0.2) is 0 Å². The zero-order valence-corrected chi connectivity index (χ0v) is 8.93. The zero-order valence-electron chi connectivity index (χ0n) is 8.93. The lowest BCUT2D eigenvalue weighted by Crippen LogP contribution is -1.96. The minimum absolute atomic E-state index is 0.456. The quantitative estimate of drug-likeness (QED) is 0.567. The third kappa shape index (κ3) is 2.57. The summed E-state index contributed by atoms with van der Waals surface area (Å²) in [5.41, 5.74) is 1.04. The van der Waals surface area contributed by atoms with Gasteiger partial charge in [-0.15, -0.1) is 0 Å². The van der Waals surface area contributed by atoms with E-state index in [1.807, 2.05) is 24.4 Å². The van der Waals surface area contributed by atoms with E-state index in [2.05, 4.69) is 21.9 Å². The number of hydrogen-bond donors (Lipinski definition) is 0. The smallest absolute Gasteiger partial charge is 0.293 e. The third-order valence-electron chi connectivity index (χ3n) is 2.45. The maximum atomic E-state index is 9.95. The highest BCUT2D eigenvalue weighted by atomic mass is 16.5. The van der Waals surface area contributed by atoms with Crippen molar-refractivity contribution in [3.05, 3.63) is 42.2 Å².